The summed E-state index contributed by atoms with van der Waals surface area (Å²) in [7, 11) is 0. The van der Waals surface area contributed by atoms with Gasteiger partial charge in [0.15, 0.2) is 3.95 Å². The molecular formula is C26H19N5O3S3. The minimum atomic E-state index is -0.371. The molecule has 37 heavy (non-hydrogen) atoms. The van der Waals surface area contributed by atoms with E-state index in [9.17, 15) is 9.59 Å². The number of carbonyl (C=O) groups is 2. The van der Waals surface area contributed by atoms with Gasteiger partial charge >= 0.3 is 0 Å². The third-order valence-corrected chi connectivity index (χ3v) is 7.27. The molecule has 0 aliphatic carbocycles. The van der Waals surface area contributed by atoms with Crippen molar-refractivity contribution in [3.8, 4) is 17.1 Å². The fourth-order valence-corrected chi connectivity index (χ4v) is 5.28. The van der Waals surface area contributed by atoms with Crippen molar-refractivity contribution in [1.82, 2.24) is 14.8 Å². The van der Waals surface area contributed by atoms with Crippen molar-refractivity contribution in [2.45, 2.75) is 5.22 Å². The normalized spacial score (nSPS) is 10.7. The molecule has 0 fully saturated rings. The summed E-state index contributed by atoms with van der Waals surface area (Å²) in [6, 6.07) is 27.8. The van der Waals surface area contributed by atoms with Crippen molar-refractivity contribution >= 4 is 58.6 Å². The van der Waals surface area contributed by atoms with Gasteiger partial charge in [-0.2, -0.15) is 0 Å². The molecule has 0 saturated heterocycles. The highest BCUT2D eigenvalue weighted by atomic mass is 32.2. The lowest BCUT2D eigenvalue weighted by Crippen LogP contribution is -2.20. The first-order valence-corrected chi connectivity index (χ1v) is 13.3. The average Bonchev–Trinajstić information content (AvgIpc) is 3.53. The standard InChI is InChI=1S/C26H19N5O3S3/c32-20(16-36-25-30-29-24(34-25)17-10-4-1-5-11-17)28-22-21(23(33)27-18-12-6-2-7-13-18)37-26(35)31(22)19-14-8-3-9-15-19/h1-15H,16H2,(H,27,33)(H,28,32). The van der Waals surface area contributed by atoms with Crippen LogP contribution < -0.4 is 10.6 Å². The third kappa shape index (κ3) is 5.85. The quantitative estimate of drug-likeness (QED) is 0.174. The van der Waals surface area contributed by atoms with E-state index in [4.69, 9.17) is 16.6 Å². The molecule has 0 atom stereocenters. The zero-order chi connectivity index (χ0) is 25.6. The third-order valence-electron chi connectivity index (χ3n) is 5.07. The van der Waals surface area contributed by atoms with E-state index in [0.29, 0.717) is 26.2 Å². The summed E-state index contributed by atoms with van der Waals surface area (Å²) in [5.41, 5.74) is 2.16. The van der Waals surface area contributed by atoms with Crippen LogP contribution in [-0.2, 0) is 4.79 Å². The first-order chi connectivity index (χ1) is 18.1. The van der Waals surface area contributed by atoms with Crippen LogP contribution in [0.25, 0.3) is 17.1 Å². The smallest absolute Gasteiger partial charge is 0.277 e. The number of thiazole rings is 1. The van der Waals surface area contributed by atoms with Crippen LogP contribution in [0.3, 0.4) is 0 Å². The molecule has 0 unspecified atom stereocenters. The fourth-order valence-electron chi connectivity index (χ4n) is 3.42. The maximum Gasteiger partial charge on any atom is 0.277 e. The van der Waals surface area contributed by atoms with Crippen LogP contribution in [0.1, 0.15) is 9.67 Å². The van der Waals surface area contributed by atoms with Gasteiger partial charge in [0.25, 0.3) is 11.1 Å². The lowest BCUT2D eigenvalue weighted by atomic mass is 10.2. The summed E-state index contributed by atoms with van der Waals surface area (Å²) in [5, 5.41) is 14.1. The van der Waals surface area contributed by atoms with Crippen LogP contribution in [0.2, 0.25) is 0 Å². The number of hydrogen-bond acceptors (Lipinski definition) is 8. The Kier molecular flexibility index (Phi) is 7.54. The summed E-state index contributed by atoms with van der Waals surface area (Å²) in [4.78, 5) is 26.5. The van der Waals surface area contributed by atoms with Crippen LogP contribution in [0.4, 0.5) is 11.5 Å². The lowest BCUT2D eigenvalue weighted by Gasteiger charge is -2.12. The van der Waals surface area contributed by atoms with Crippen molar-refractivity contribution in [3.63, 3.8) is 0 Å². The molecule has 0 aliphatic heterocycles. The van der Waals surface area contributed by atoms with Crippen LogP contribution in [0.15, 0.2) is 101 Å². The molecule has 0 aliphatic rings. The van der Waals surface area contributed by atoms with Gasteiger partial charge in [-0.1, -0.05) is 77.7 Å². The van der Waals surface area contributed by atoms with E-state index in [1.807, 2.05) is 78.9 Å². The minimum Gasteiger partial charge on any atom is -0.411 e. The van der Waals surface area contributed by atoms with E-state index < -0.39 is 0 Å². The van der Waals surface area contributed by atoms with Gasteiger partial charge in [0.2, 0.25) is 11.8 Å². The molecule has 8 nitrogen and oxygen atoms in total. The molecule has 0 bridgehead atoms. The molecule has 2 heterocycles. The molecule has 2 amide bonds. The number of rotatable bonds is 8. The Labute approximate surface area is 225 Å². The zero-order valence-corrected chi connectivity index (χ0v) is 21.6. The van der Waals surface area contributed by atoms with Gasteiger partial charge in [-0.3, -0.25) is 14.2 Å². The number of thioether (sulfide) groups is 1. The van der Waals surface area contributed by atoms with Crippen LogP contribution in [-0.4, -0.2) is 32.3 Å². The second kappa shape index (κ2) is 11.3. The molecule has 2 aromatic heterocycles. The van der Waals surface area contributed by atoms with E-state index in [0.717, 1.165) is 34.3 Å². The first kappa shape index (κ1) is 24.6. The highest BCUT2D eigenvalue weighted by molar-refractivity contribution is 7.99. The topological polar surface area (TPSA) is 102 Å². The number of amides is 2. The van der Waals surface area contributed by atoms with Crippen molar-refractivity contribution in [2.75, 3.05) is 16.4 Å². The molecule has 0 radical (unpaired) electrons. The second-order valence-electron chi connectivity index (χ2n) is 7.61. The summed E-state index contributed by atoms with van der Waals surface area (Å²) in [6.45, 7) is 0. The number of nitrogens with one attached hydrogen (secondary N) is 2. The highest BCUT2D eigenvalue weighted by Crippen LogP contribution is 2.30. The maximum absolute atomic E-state index is 13.2. The van der Waals surface area contributed by atoms with Gasteiger partial charge in [-0.25, -0.2) is 0 Å². The van der Waals surface area contributed by atoms with Gasteiger partial charge in [0.05, 0.1) is 5.75 Å². The molecule has 184 valence electrons. The number of carbonyl (C=O) groups excluding carboxylic acids is 2. The van der Waals surface area contributed by atoms with Gasteiger partial charge < -0.3 is 15.1 Å². The van der Waals surface area contributed by atoms with E-state index in [2.05, 4.69) is 20.8 Å². The Morgan fingerprint density at radius 1 is 0.892 bits per heavy atom. The van der Waals surface area contributed by atoms with Gasteiger partial charge in [-0.15, -0.1) is 10.2 Å². The summed E-state index contributed by atoms with van der Waals surface area (Å²) >= 11 is 7.81. The zero-order valence-electron chi connectivity index (χ0n) is 19.2. The summed E-state index contributed by atoms with van der Waals surface area (Å²) < 4.78 is 7.78. The molecule has 5 aromatic rings. The van der Waals surface area contributed by atoms with Crippen molar-refractivity contribution in [3.05, 3.63) is 99.8 Å². The van der Waals surface area contributed by atoms with E-state index in [1.165, 1.54) is 0 Å². The van der Waals surface area contributed by atoms with Crippen LogP contribution >= 0.6 is 35.3 Å². The van der Waals surface area contributed by atoms with Gasteiger partial charge in [0, 0.05) is 16.9 Å². The molecule has 0 spiro atoms. The number of benzene rings is 3. The SMILES string of the molecule is O=C(CSc1nnc(-c2ccccc2)o1)Nc1c(C(=O)Nc2ccccc2)sc(=S)n1-c1ccccc1. The van der Waals surface area contributed by atoms with Crippen molar-refractivity contribution in [2.24, 2.45) is 0 Å². The highest BCUT2D eigenvalue weighted by Gasteiger charge is 2.23. The number of hydrogen-bond donors (Lipinski definition) is 2. The summed E-state index contributed by atoms with van der Waals surface area (Å²) in [6.07, 6.45) is 0. The Morgan fingerprint density at radius 3 is 2.24 bits per heavy atom. The van der Waals surface area contributed by atoms with Crippen molar-refractivity contribution in [1.29, 1.82) is 0 Å². The molecule has 5 rings (SSSR count). The number of nitrogens with zero attached hydrogens (tertiary/aromatic N) is 3. The molecule has 3 aromatic carbocycles. The molecule has 2 N–H and O–H groups in total. The fraction of sp³-hybridized carbons (Fsp3) is 0.0385. The Hall–Kier alpha value is -4.06. The maximum atomic E-state index is 13.2. The van der Waals surface area contributed by atoms with Gasteiger partial charge in [0.1, 0.15) is 10.7 Å². The minimum absolute atomic E-state index is 0.00638. The predicted molar refractivity (Wildman–Crippen MR) is 148 cm³/mol. The predicted octanol–water partition coefficient (Wildman–Crippen LogP) is 6.30. The Morgan fingerprint density at radius 2 is 1.54 bits per heavy atom. The Balaban J connectivity index is 1.37. The molecule has 0 saturated carbocycles. The van der Waals surface area contributed by atoms with Gasteiger partial charge in [-0.05, 0) is 48.6 Å². The molecule has 11 heteroatoms. The lowest BCUT2D eigenvalue weighted by molar-refractivity contribution is -0.113. The summed E-state index contributed by atoms with van der Waals surface area (Å²) in [5.74, 6) is -0.0530. The molecular weight excluding hydrogens is 527 g/mol. The van der Waals surface area contributed by atoms with Crippen molar-refractivity contribution < 1.29 is 14.0 Å². The number of aromatic nitrogens is 3. The average molecular weight is 546 g/mol. The van der Waals surface area contributed by atoms with E-state index in [1.54, 1.807) is 16.7 Å². The van der Waals surface area contributed by atoms with E-state index in [-0.39, 0.29) is 22.8 Å². The number of anilines is 2. The van der Waals surface area contributed by atoms with Crippen LogP contribution in [0.5, 0.6) is 0 Å². The second-order valence-corrected chi connectivity index (χ2v) is 10.2. The Bertz CT molecular complexity index is 1580. The monoisotopic (exact) mass is 545 g/mol. The number of para-hydroxylation sites is 2. The first-order valence-electron chi connectivity index (χ1n) is 11.1. The van der Waals surface area contributed by atoms with Crippen LogP contribution in [0, 0.1) is 3.95 Å². The largest absolute Gasteiger partial charge is 0.411 e. The van der Waals surface area contributed by atoms with E-state index >= 15 is 0 Å².